The van der Waals surface area contributed by atoms with Gasteiger partial charge in [0, 0.05) is 13.0 Å². The van der Waals surface area contributed by atoms with Crippen LogP contribution in [0.5, 0.6) is 0 Å². The Balaban J connectivity index is 4.22. The van der Waals surface area contributed by atoms with Crippen LogP contribution in [-0.4, -0.2) is 60.5 Å². The third kappa shape index (κ3) is 38.5. The van der Waals surface area contributed by atoms with Gasteiger partial charge in [0.2, 0.25) is 0 Å². The molecular weight excluding hydrogens is 705 g/mol. The number of carboxylic acid groups (broad SMARTS) is 1. The summed E-state index contributed by atoms with van der Waals surface area (Å²) in [7, 11) is -4.62. The molecule has 316 valence electrons. The molecule has 0 aromatic rings. The molecule has 10 nitrogen and oxygen atoms in total. The number of hydrogen-bond acceptors (Lipinski definition) is 8. The molecule has 0 fully saturated rings. The molecule has 0 spiro atoms. The van der Waals surface area contributed by atoms with Gasteiger partial charge in [-0.3, -0.25) is 18.6 Å². The average molecular weight is 786 g/mol. The van der Waals surface area contributed by atoms with Crippen LogP contribution in [0.1, 0.15) is 187 Å². The molecule has 11 heteroatoms. The summed E-state index contributed by atoms with van der Waals surface area (Å²) in [5.74, 6) is -1.79. The Labute approximate surface area is 329 Å². The maximum absolute atomic E-state index is 12.6. The summed E-state index contributed by atoms with van der Waals surface area (Å²) in [5.41, 5.74) is 5.35. The first-order valence-corrected chi connectivity index (χ1v) is 23.0. The van der Waals surface area contributed by atoms with Gasteiger partial charge in [0.1, 0.15) is 12.1 Å². The molecule has 0 saturated heterocycles. The van der Waals surface area contributed by atoms with Gasteiger partial charge in [0.25, 0.3) is 0 Å². The van der Waals surface area contributed by atoms with Crippen LogP contribution in [0, 0.1) is 0 Å². The van der Waals surface area contributed by atoms with Gasteiger partial charge in [-0.1, -0.05) is 153 Å². The van der Waals surface area contributed by atoms with Crippen molar-refractivity contribution in [2.45, 2.75) is 199 Å². The number of unbranched alkanes of at least 4 members (excludes halogenated alkanes) is 21. The average Bonchev–Trinajstić information content (AvgIpc) is 3.15. The number of aliphatic carboxylic acids is 1. The topological polar surface area (TPSA) is 155 Å². The summed E-state index contributed by atoms with van der Waals surface area (Å²) in [5, 5.41) is 8.89. The quantitative estimate of drug-likeness (QED) is 0.0236. The lowest BCUT2D eigenvalue weighted by atomic mass is 10.1. The predicted octanol–water partition coefficient (Wildman–Crippen LogP) is 11.7. The standard InChI is InChI=1S/C43H80NO9P/c1-3-5-7-9-11-13-15-17-18-19-20-21-22-24-26-28-30-32-34-36-50-37-40(38-51-54(48,49)52-39-41(44)43(46)47)53-42(45)35-33-31-29-27-25-23-16-14-12-10-8-6-4-2/h8,10,14,16,18-19,40-41H,3-7,9,11-13,15,17,20-39,44H2,1-2H3,(H,46,47)(H,48,49)/b10-8-,16-14-,19-18-. The van der Waals surface area contributed by atoms with Crippen LogP contribution in [0.15, 0.2) is 36.5 Å². The van der Waals surface area contributed by atoms with Gasteiger partial charge in [-0.05, 0) is 64.2 Å². The summed E-state index contributed by atoms with van der Waals surface area (Å²) in [4.78, 5) is 33.5. The summed E-state index contributed by atoms with van der Waals surface area (Å²) in [6.07, 6.45) is 43.4. The van der Waals surface area contributed by atoms with Crippen molar-refractivity contribution in [3.05, 3.63) is 36.5 Å². The van der Waals surface area contributed by atoms with Crippen LogP contribution in [-0.2, 0) is 32.7 Å². The lowest BCUT2D eigenvalue weighted by Gasteiger charge is -2.20. The Kier molecular flexibility index (Phi) is 38.1. The van der Waals surface area contributed by atoms with E-state index in [1.54, 1.807) is 0 Å². The number of phosphoric acid groups is 1. The summed E-state index contributed by atoms with van der Waals surface area (Å²) < 4.78 is 33.3. The van der Waals surface area contributed by atoms with E-state index in [-0.39, 0.29) is 13.0 Å². The Morgan fingerprint density at radius 1 is 0.593 bits per heavy atom. The van der Waals surface area contributed by atoms with Crippen molar-refractivity contribution in [3.8, 4) is 0 Å². The molecule has 3 atom stereocenters. The van der Waals surface area contributed by atoms with E-state index < -0.39 is 45.1 Å². The number of rotatable bonds is 41. The van der Waals surface area contributed by atoms with Crippen LogP contribution in [0.3, 0.4) is 0 Å². The summed E-state index contributed by atoms with van der Waals surface area (Å²) >= 11 is 0. The molecule has 54 heavy (non-hydrogen) atoms. The van der Waals surface area contributed by atoms with Gasteiger partial charge in [-0.2, -0.15) is 0 Å². The van der Waals surface area contributed by atoms with E-state index in [1.807, 2.05) is 0 Å². The van der Waals surface area contributed by atoms with Crippen LogP contribution in [0.2, 0.25) is 0 Å². The van der Waals surface area contributed by atoms with Gasteiger partial charge in [0.15, 0.2) is 0 Å². The van der Waals surface area contributed by atoms with E-state index in [0.717, 1.165) is 64.2 Å². The monoisotopic (exact) mass is 786 g/mol. The first-order chi connectivity index (χ1) is 26.2. The van der Waals surface area contributed by atoms with Crippen molar-refractivity contribution in [1.82, 2.24) is 0 Å². The highest BCUT2D eigenvalue weighted by molar-refractivity contribution is 7.47. The maximum Gasteiger partial charge on any atom is 0.472 e. The van der Waals surface area contributed by atoms with Crippen molar-refractivity contribution in [2.75, 3.05) is 26.4 Å². The molecule has 0 rings (SSSR count). The van der Waals surface area contributed by atoms with Gasteiger partial charge in [-0.15, -0.1) is 0 Å². The minimum atomic E-state index is -4.62. The molecule has 0 saturated carbocycles. The predicted molar refractivity (Wildman–Crippen MR) is 221 cm³/mol. The summed E-state index contributed by atoms with van der Waals surface area (Å²) in [6.45, 7) is 3.79. The molecule has 0 heterocycles. The fraction of sp³-hybridized carbons (Fsp3) is 0.814. The van der Waals surface area contributed by atoms with Crippen molar-refractivity contribution in [1.29, 1.82) is 0 Å². The van der Waals surface area contributed by atoms with Crippen molar-refractivity contribution in [3.63, 3.8) is 0 Å². The number of carbonyl (C=O) groups is 2. The van der Waals surface area contributed by atoms with E-state index in [4.69, 9.17) is 29.4 Å². The van der Waals surface area contributed by atoms with E-state index in [2.05, 4.69) is 50.3 Å². The highest BCUT2D eigenvalue weighted by Crippen LogP contribution is 2.43. The smallest absolute Gasteiger partial charge is 0.472 e. The maximum atomic E-state index is 12.6. The molecule has 0 aliphatic rings. The minimum Gasteiger partial charge on any atom is -0.480 e. The summed E-state index contributed by atoms with van der Waals surface area (Å²) in [6, 6.07) is -1.48. The Bertz CT molecular complexity index is 1000. The molecule has 0 radical (unpaired) electrons. The van der Waals surface area contributed by atoms with Crippen LogP contribution >= 0.6 is 7.82 Å². The highest BCUT2D eigenvalue weighted by Gasteiger charge is 2.27. The normalized spacial score (nSPS) is 14.3. The van der Waals surface area contributed by atoms with Crippen molar-refractivity contribution in [2.24, 2.45) is 5.73 Å². The van der Waals surface area contributed by atoms with Crippen molar-refractivity contribution < 1.29 is 42.7 Å². The van der Waals surface area contributed by atoms with E-state index in [1.165, 1.54) is 96.3 Å². The van der Waals surface area contributed by atoms with Gasteiger partial charge >= 0.3 is 19.8 Å². The van der Waals surface area contributed by atoms with Gasteiger partial charge in [0.05, 0.1) is 19.8 Å². The lowest BCUT2D eigenvalue weighted by molar-refractivity contribution is -0.154. The molecule has 4 N–H and O–H groups in total. The van der Waals surface area contributed by atoms with Gasteiger partial charge < -0.3 is 25.2 Å². The molecule has 0 bridgehead atoms. The number of esters is 1. The number of carbonyl (C=O) groups excluding carboxylic acids is 1. The molecule has 3 unspecified atom stereocenters. The largest absolute Gasteiger partial charge is 0.480 e. The van der Waals surface area contributed by atoms with E-state index >= 15 is 0 Å². The van der Waals surface area contributed by atoms with Crippen LogP contribution in [0.25, 0.3) is 0 Å². The SMILES string of the molecule is CCC/C=C\C/C=C\CCCCCCCC(=O)OC(COCCCCCCCCCC/C=C\CCCCCCCCC)COP(=O)(O)OCC(N)C(=O)O. The second kappa shape index (κ2) is 39.4. The number of allylic oxidation sites excluding steroid dienone is 6. The zero-order chi connectivity index (χ0) is 39.8. The first kappa shape index (κ1) is 52.2. The number of carboxylic acids is 1. The Morgan fingerprint density at radius 3 is 1.59 bits per heavy atom. The molecule has 0 aromatic heterocycles. The second-order valence-corrected chi connectivity index (χ2v) is 15.9. The highest BCUT2D eigenvalue weighted by atomic mass is 31.2. The molecule has 0 aromatic carbocycles. The first-order valence-electron chi connectivity index (χ1n) is 21.5. The molecule has 0 amide bonds. The zero-order valence-electron chi connectivity index (χ0n) is 34.3. The number of ether oxygens (including phenoxy) is 2. The fourth-order valence-corrected chi connectivity index (χ4v) is 6.53. The van der Waals surface area contributed by atoms with Crippen LogP contribution in [0.4, 0.5) is 0 Å². The Morgan fingerprint density at radius 2 is 1.06 bits per heavy atom. The van der Waals surface area contributed by atoms with E-state index in [0.29, 0.717) is 13.0 Å². The molecule has 0 aliphatic carbocycles. The lowest BCUT2D eigenvalue weighted by Crippen LogP contribution is -2.34. The number of nitrogens with two attached hydrogens (primary N) is 1. The molecule has 0 aliphatic heterocycles. The molecular formula is C43H80NO9P. The van der Waals surface area contributed by atoms with Crippen molar-refractivity contribution >= 4 is 19.8 Å². The van der Waals surface area contributed by atoms with Crippen LogP contribution < -0.4 is 5.73 Å². The number of phosphoric ester groups is 1. The van der Waals surface area contributed by atoms with E-state index in [9.17, 15) is 19.0 Å². The third-order valence-electron chi connectivity index (χ3n) is 9.12. The zero-order valence-corrected chi connectivity index (χ0v) is 35.2. The van der Waals surface area contributed by atoms with Gasteiger partial charge in [-0.25, -0.2) is 4.57 Å². The number of hydrogen-bond donors (Lipinski definition) is 3. The Hall–Kier alpha value is -1.81. The fourth-order valence-electron chi connectivity index (χ4n) is 5.75. The minimum absolute atomic E-state index is 0.00971. The third-order valence-corrected chi connectivity index (χ3v) is 10.1. The second-order valence-electron chi connectivity index (χ2n) is 14.5.